The van der Waals surface area contributed by atoms with Gasteiger partial charge in [0.2, 0.25) is 0 Å². The summed E-state index contributed by atoms with van der Waals surface area (Å²) in [5.74, 6) is 0. The van der Waals surface area contributed by atoms with Gasteiger partial charge in [-0.1, -0.05) is 11.6 Å². The second kappa shape index (κ2) is 5.31. The molecule has 0 amide bonds. The summed E-state index contributed by atoms with van der Waals surface area (Å²) in [5.41, 5.74) is 4.55. The maximum atomic E-state index is 10.8. The third kappa shape index (κ3) is 2.26. The lowest BCUT2D eigenvalue weighted by atomic mass is 9.97. The molecule has 7 heteroatoms. The molecule has 0 aliphatic heterocycles. The molecule has 0 fully saturated rings. The third-order valence-corrected chi connectivity index (χ3v) is 4.64. The smallest absolute Gasteiger partial charge is 0.258 e. The van der Waals surface area contributed by atoms with Gasteiger partial charge in [0.1, 0.15) is 5.15 Å². The first-order chi connectivity index (χ1) is 11.1. The standard InChI is InChI=1S/C16H13ClN4O2/c17-15-12-3-1-2-4-14(12)19-16-13(9-18-20(15)16)10-5-7-11(8-6-10)21(22)23/h5-9H,1-4H2. The second-order valence-electron chi connectivity index (χ2n) is 5.63. The Morgan fingerprint density at radius 1 is 1.17 bits per heavy atom. The third-order valence-electron chi connectivity index (χ3n) is 4.25. The second-order valence-corrected chi connectivity index (χ2v) is 5.99. The zero-order valence-corrected chi connectivity index (χ0v) is 13.0. The number of nitrogens with zero attached hydrogens (tertiary/aromatic N) is 4. The minimum Gasteiger partial charge on any atom is -0.258 e. The number of halogens is 1. The van der Waals surface area contributed by atoms with Crippen molar-refractivity contribution in [1.82, 2.24) is 14.6 Å². The van der Waals surface area contributed by atoms with Gasteiger partial charge >= 0.3 is 0 Å². The van der Waals surface area contributed by atoms with Gasteiger partial charge in [-0.25, -0.2) is 9.50 Å². The fraction of sp³-hybridized carbons (Fsp3) is 0.250. The Morgan fingerprint density at radius 3 is 2.65 bits per heavy atom. The van der Waals surface area contributed by atoms with Crippen molar-refractivity contribution in [3.05, 3.63) is 57.0 Å². The van der Waals surface area contributed by atoms with Crippen LogP contribution in [0.2, 0.25) is 5.15 Å². The van der Waals surface area contributed by atoms with Crippen molar-refractivity contribution in [2.24, 2.45) is 0 Å². The van der Waals surface area contributed by atoms with Gasteiger partial charge in [0.15, 0.2) is 5.65 Å². The monoisotopic (exact) mass is 328 g/mol. The molecule has 2 aromatic heterocycles. The van der Waals surface area contributed by atoms with E-state index in [1.165, 1.54) is 12.1 Å². The number of aryl methyl sites for hydroxylation is 1. The molecular formula is C16H13ClN4O2. The Bertz CT molecular complexity index is 918. The number of fused-ring (bicyclic) bond motifs is 2. The van der Waals surface area contributed by atoms with Crippen LogP contribution in [-0.2, 0) is 12.8 Å². The van der Waals surface area contributed by atoms with Gasteiger partial charge in [-0.2, -0.15) is 5.10 Å². The van der Waals surface area contributed by atoms with Gasteiger partial charge in [-0.05, 0) is 43.4 Å². The van der Waals surface area contributed by atoms with Crippen LogP contribution in [0.15, 0.2) is 30.5 Å². The van der Waals surface area contributed by atoms with Crippen molar-refractivity contribution in [2.45, 2.75) is 25.7 Å². The van der Waals surface area contributed by atoms with Crippen molar-refractivity contribution >= 4 is 22.9 Å². The number of hydrogen-bond donors (Lipinski definition) is 0. The molecule has 4 rings (SSSR count). The Hall–Kier alpha value is -2.47. The highest BCUT2D eigenvalue weighted by atomic mass is 35.5. The topological polar surface area (TPSA) is 73.3 Å². The summed E-state index contributed by atoms with van der Waals surface area (Å²) in [6.45, 7) is 0. The molecule has 0 N–H and O–H groups in total. The lowest BCUT2D eigenvalue weighted by Gasteiger charge is -2.16. The van der Waals surface area contributed by atoms with Crippen molar-refractivity contribution in [1.29, 1.82) is 0 Å². The molecule has 1 aliphatic carbocycles. The van der Waals surface area contributed by atoms with E-state index in [9.17, 15) is 10.1 Å². The number of non-ortho nitro benzene ring substituents is 1. The van der Waals surface area contributed by atoms with Crippen LogP contribution < -0.4 is 0 Å². The zero-order valence-electron chi connectivity index (χ0n) is 12.2. The van der Waals surface area contributed by atoms with Crippen molar-refractivity contribution in [2.75, 3.05) is 0 Å². The molecule has 1 aromatic carbocycles. The first-order valence-electron chi connectivity index (χ1n) is 7.45. The molecule has 0 bridgehead atoms. The predicted octanol–water partition coefficient (Wildman–Crippen LogP) is 3.84. The van der Waals surface area contributed by atoms with Gasteiger partial charge in [0, 0.05) is 29.0 Å². The van der Waals surface area contributed by atoms with Crippen LogP contribution in [0.5, 0.6) is 0 Å². The highest BCUT2D eigenvalue weighted by Gasteiger charge is 2.20. The number of rotatable bonds is 2. The first kappa shape index (κ1) is 14.1. The largest absolute Gasteiger partial charge is 0.269 e. The molecule has 23 heavy (non-hydrogen) atoms. The fourth-order valence-electron chi connectivity index (χ4n) is 3.05. The highest BCUT2D eigenvalue weighted by Crippen LogP contribution is 2.32. The summed E-state index contributed by atoms with van der Waals surface area (Å²) in [6, 6.07) is 6.39. The Kier molecular flexibility index (Phi) is 3.27. The van der Waals surface area contributed by atoms with Gasteiger partial charge < -0.3 is 0 Å². The molecule has 0 radical (unpaired) electrons. The lowest BCUT2D eigenvalue weighted by Crippen LogP contribution is -2.10. The van der Waals surface area contributed by atoms with Crippen molar-refractivity contribution < 1.29 is 4.92 Å². The molecule has 6 nitrogen and oxygen atoms in total. The zero-order chi connectivity index (χ0) is 16.0. The summed E-state index contributed by atoms with van der Waals surface area (Å²) in [5, 5.41) is 15.7. The average molecular weight is 329 g/mol. The summed E-state index contributed by atoms with van der Waals surface area (Å²) in [7, 11) is 0. The molecule has 0 saturated carbocycles. The summed E-state index contributed by atoms with van der Waals surface area (Å²) < 4.78 is 1.66. The average Bonchev–Trinajstić information content (AvgIpc) is 2.99. The predicted molar refractivity (Wildman–Crippen MR) is 86.7 cm³/mol. The van der Waals surface area contributed by atoms with E-state index in [4.69, 9.17) is 16.6 Å². The van der Waals surface area contributed by atoms with Crippen LogP contribution in [-0.4, -0.2) is 19.5 Å². The molecule has 116 valence electrons. The van der Waals surface area contributed by atoms with E-state index in [2.05, 4.69) is 5.10 Å². The van der Waals surface area contributed by atoms with Gasteiger partial charge in [-0.3, -0.25) is 10.1 Å². The van der Waals surface area contributed by atoms with Crippen LogP contribution in [0.4, 0.5) is 5.69 Å². The van der Waals surface area contributed by atoms with Gasteiger partial charge in [0.25, 0.3) is 5.69 Å². The first-order valence-corrected chi connectivity index (χ1v) is 7.83. The van der Waals surface area contributed by atoms with E-state index in [-0.39, 0.29) is 5.69 Å². The highest BCUT2D eigenvalue weighted by molar-refractivity contribution is 6.30. The Morgan fingerprint density at radius 2 is 1.91 bits per heavy atom. The molecule has 3 aromatic rings. The van der Waals surface area contributed by atoms with E-state index in [0.29, 0.717) is 10.8 Å². The van der Waals surface area contributed by atoms with Crippen LogP contribution in [0.3, 0.4) is 0 Å². The summed E-state index contributed by atoms with van der Waals surface area (Å²) in [4.78, 5) is 15.1. The number of hydrogen-bond acceptors (Lipinski definition) is 4. The van der Waals surface area contributed by atoms with Gasteiger partial charge in [0.05, 0.1) is 11.1 Å². The van der Waals surface area contributed by atoms with Crippen molar-refractivity contribution in [3.63, 3.8) is 0 Å². The normalized spacial score (nSPS) is 14.0. The van der Waals surface area contributed by atoms with Crippen LogP contribution >= 0.6 is 11.6 Å². The number of benzene rings is 1. The van der Waals surface area contributed by atoms with Crippen LogP contribution in [0.25, 0.3) is 16.8 Å². The minimum absolute atomic E-state index is 0.0635. The maximum Gasteiger partial charge on any atom is 0.269 e. The molecule has 0 unspecified atom stereocenters. The minimum atomic E-state index is -0.411. The van der Waals surface area contributed by atoms with Crippen LogP contribution in [0, 0.1) is 10.1 Å². The Labute approximate surface area is 136 Å². The Balaban J connectivity index is 1.88. The number of aromatic nitrogens is 3. The molecule has 2 heterocycles. The maximum absolute atomic E-state index is 10.8. The van der Waals surface area contributed by atoms with Gasteiger partial charge in [-0.15, -0.1) is 0 Å². The molecule has 0 atom stereocenters. The van der Waals surface area contributed by atoms with E-state index in [1.54, 1.807) is 22.8 Å². The fourth-order valence-corrected chi connectivity index (χ4v) is 3.38. The molecule has 1 aliphatic rings. The number of nitro benzene ring substituents is 1. The van der Waals surface area contributed by atoms with Crippen LogP contribution in [0.1, 0.15) is 24.1 Å². The number of nitro groups is 1. The lowest BCUT2D eigenvalue weighted by molar-refractivity contribution is -0.384. The van der Waals surface area contributed by atoms with E-state index >= 15 is 0 Å². The molecule has 0 saturated heterocycles. The summed E-state index contributed by atoms with van der Waals surface area (Å²) >= 11 is 6.50. The van der Waals surface area contributed by atoms with E-state index in [1.807, 2.05) is 0 Å². The SMILES string of the molecule is O=[N+]([O-])c1ccc(-c2cnn3c(Cl)c4c(nc23)CCCC4)cc1. The van der Waals surface area contributed by atoms with E-state index in [0.717, 1.165) is 48.1 Å². The molecule has 0 spiro atoms. The molecular weight excluding hydrogens is 316 g/mol. The quantitative estimate of drug-likeness (QED) is 0.407. The van der Waals surface area contributed by atoms with E-state index < -0.39 is 4.92 Å². The van der Waals surface area contributed by atoms with Crippen molar-refractivity contribution in [3.8, 4) is 11.1 Å². The summed E-state index contributed by atoms with van der Waals surface area (Å²) in [6.07, 6.45) is 5.81.